The van der Waals surface area contributed by atoms with E-state index >= 15 is 0 Å². The van der Waals surface area contributed by atoms with Crippen LogP contribution in [-0.4, -0.2) is 35.1 Å². The van der Waals surface area contributed by atoms with Gasteiger partial charge in [0, 0.05) is 6.54 Å². The minimum Gasteiger partial charge on any atom is -0.480 e. The lowest BCUT2D eigenvalue weighted by Gasteiger charge is -2.28. The van der Waals surface area contributed by atoms with Gasteiger partial charge in [0.1, 0.15) is 6.04 Å². The number of aliphatic carboxylic acids is 1. The number of rotatable bonds is 7. The predicted molar refractivity (Wildman–Crippen MR) is 58.4 cm³/mol. The van der Waals surface area contributed by atoms with E-state index in [2.05, 4.69) is 18.7 Å². The van der Waals surface area contributed by atoms with E-state index in [-0.39, 0.29) is 6.04 Å². The van der Waals surface area contributed by atoms with E-state index in [4.69, 9.17) is 5.11 Å². The maximum absolute atomic E-state index is 11.0. The van der Waals surface area contributed by atoms with Crippen molar-refractivity contribution in [2.45, 2.75) is 46.6 Å². The normalized spacial score (nSPS) is 15.5. The summed E-state index contributed by atoms with van der Waals surface area (Å²) in [6.07, 6.45) is 1.78. The first kappa shape index (κ1) is 13.4. The molecular formula is C11H23NO2. The molecule has 0 radical (unpaired) electrons. The smallest absolute Gasteiger partial charge is 0.320 e. The fraction of sp³-hybridized carbons (Fsp3) is 0.909. The number of hydrogen-bond donors (Lipinski definition) is 1. The summed E-state index contributed by atoms with van der Waals surface area (Å²) < 4.78 is 0. The van der Waals surface area contributed by atoms with Crippen LogP contribution >= 0.6 is 0 Å². The molecule has 14 heavy (non-hydrogen) atoms. The lowest BCUT2D eigenvalue weighted by molar-refractivity contribution is -0.143. The molecule has 84 valence electrons. The molecule has 0 rings (SSSR count). The van der Waals surface area contributed by atoms with Gasteiger partial charge in [0.25, 0.3) is 0 Å². The molecular weight excluding hydrogens is 178 g/mol. The number of likely N-dealkylation sites (N-methyl/N-ethyl adjacent to an activating group) is 1. The third kappa shape index (κ3) is 4.09. The molecule has 0 aromatic rings. The number of carboxylic acids is 1. The number of carbonyl (C=O) groups is 1. The number of carboxylic acid groups (broad SMARTS) is 1. The number of hydrogen-bond acceptors (Lipinski definition) is 2. The summed E-state index contributed by atoms with van der Waals surface area (Å²) in [6, 6.07) is -0.311. The minimum atomic E-state index is -0.697. The van der Waals surface area contributed by atoms with Crippen molar-refractivity contribution in [1.29, 1.82) is 0 Å². The maximum atomic E-state index is 11.0. The maximum Gasteiger partial charge on any atom is 0.320 e. The van der Waals surface area contributed by atoms with Crippen LogP contribution in [0.15, 0.2) is 0 Å². The Labute approximate surface area is 87.1 Å². The van der Waals surface area contributed by atoms with Gasteiger partial charge in [-0.2, -0.15) is 0 Å². The van der Waals surface area contributed by atoms with Gasteiger partial charge in [0.2, 0.25) is 0 Å². The zero-order valence-corrected chi connectivity index (χ0v) is 9.79. The van der Waals surface area contributed by atoms with Crippen LogP contribution in [0.3, 0.4) is 0 Å². The quantitative estimate of drug-likeness (QED) is 0.686. The molecule has 1 N–H and O–H groups in total. The third-order valence-corrected chi connectivity index (χ3v) is 2.76. The van der Waals surface area contributed by atoms with E-state index in [0.29, 0.717) is 12.3 Å². The predicted octanol–water partition coefficient (Wildman–Crippen LogP) is 2.22. The van der Waals surface area contributed by atoms with Gasteiger partial charge in [-0.1, -0.05) is 34.1 Å². The Hall–Kier alpha value is -0.570. The molecule has 2 unspecified atom stereocenters. The molecule has 0 aromatic heterocycles. The number of nitrogens with zero attached hydrogens (tertiary/aromatic N) is 1. The summed E-state index contributed by atoms with van der Waals surface area (Å²) in [4.78, 5) is 13.0. The third-order valence-electron chi connectivity index (χ3n) is 2.76. The summed E-state index contributed by atoms with van der Waals surface area (Å²) in [5.41, 5.74) is 0. The molecule has 0 heterocycles. The zero-order valence-electron chi connectivity index (χ0n) is 9.79. The lowest BCUT2D eigenvalue weighted by atomic mass is 10.1. The van der Waals surface area contributed by atoms with Gasteiger partial charge in [0.05, 0.1) is 0 Å². The Morgan fingerprint density at radius 2 is 1.86 bits per heavy atom. The highest BCUT2D eigenvalue weighted by Gasteiger charge is 2.23. The molecule has 0 aliphatic heterocycles. The van der Waals surface area contributed by atoms with Crippen molar-refractivity contribution in [1.82, 2.24) is 4.90 Å². The van der Waals surface area contributed by atoms with Gasteiger partial charge in [0.15, 0.2) is 0 Å². The molecule has 2 atom stereocenters. The van der Waals surface area contributed by atoms with E-state index in [1.807, 2.05) is 13.8 Å². The van der Waals surface area contributed by atoms with E-state index in [1.165, 1.54) is 0 Å². The summed E-state index contributed by atoms with van der Waals surface area (Å²) >= 11 is 0. The first-order valence-corrected chi connectivity index (χ1v) is 5.53. The summed E-state index contributed by atoms with van der Waals surface area (Å²) in [7, 11) is 0. The summed E-state index contributed by atoms with van der Waals surface area (Å²) in [5.74, 6) is -0.124. The molecule has 0 saturated carbocycles. The van der Waals surface area contributed by atoms with E-state index in [0.717, 1.165) is 19.5 Å². The van der Waals surface area contributed by atoms with Gasteiger partial charge in [-0.3, -0.25) is 9.69 Å². The van der Waals surface area contributed by atoms with Crippen molar-refractivity contribution < 1.29 is 9.90 Å². The second-order valence-corrected chi connectivity index (χ2v) is 3.86. The van der Waals surface area contributed by atoms with Crippen molar-refractivity contribution in [2.24, 2.45) is 5.92 Å². The van der Waals surface area contributed by atoms with Crippen LogP contribution in [0, 0.1) is 5.92 Å². The van der Waals surface area contributed by atoms with Crippen molar-refractivity contribution in [3.05, 3.63) is 0 Å². The summed E-state index contributed by atoms with van der Waals surface area (Å²) in [6.45, 7) is 9.95. The molecule has 0 aliphatic carbocycles. The highest BCUT2D eigenvalue weighted by Crippen LogP contribution is 2.10. The molecule has 3 heteroatoms. The van der Waals surface area contributed by atoms with Crippen molar-refractivity contribution >= 4 is 5.97 Å². The topological polar surface area (TPSA) is 40.5 Å². The second-order valence-electron chi connectivity index (χ2n) is 3.86. The highest BCUT2D eigenvalue weighted by molar-refractivity contribution is 5.73. The molecule has 0 bridgehead atoms. The van der Waals surface area contributed by atoms with Crippen LogP contribution in [-0.2, 0) is 4.79 Å². The van der Waals surface area contributed by atoms with Crippen LogP contribution in [0.5, 0.6) is 0 Å². The minimum absolute atomic E-state index is 0.311. The molecule has 0 aromatic carbocycles. The fourth-order valence-electron chi connectivity index (χ4n) is 1.60. The Balaban J connectivity index is 4.28. The van der Waals surface area contributed by atoms with Crippen molar-refractivity contribution in [3.8, 4) is 0 Å². The second kappa shape index (κ2) is 6.82. The van der Waals surface area contributed by atoms with Gasteiger partial charge in [-0.05, 0) is 18.9 Å². The van der Waals surface area contributed by atoms with Gasteiger partial charge < -0.3 is 5.11 Å². The van der Waals surface area contributed by atoms with E-state index < -0.39 is 5.97 Å². The van der Waals surface area contributed by atoms with Crippen molar-refractivity contribution in [3.63, 3.8) is 0 Å². The highest BCUT2D eigenvalue weighted by atomic mass is 16.4. The molecule has 0 fully saturated rings. The first-order valence-electron chi connectivity index (χ1n) is 5.53. The molecule has 0 amide bonds. The Bertz CT molecular complexity index is 171. The largest absolute Gasteiger partial charge is 0.480 e. The molecule has 0 aliphatic rings. The average Bonchev–Trinajstić information content (AvgIpc) is 2.16. The lowest BCUT2D eigenvalue weighted by Crippen LogP contribution is -2.42. The van der Waals surface area contributed by atoms with E-state index in [9.17, 15) is 4.79 Å². The van der Waals surface area contributed by atoms with Crippen LogP contribution in [0.25, 0.3) is 0 Å². The molecule has 0 saturated heterocycles. The standard InChI is InChI=1S/C11H23NO2/c1-5-9(4)8-12(7-3)10(6-2)11(13)14/h9-10H,5-8H2,1-4H3,(H,13,14). The van der Waals surface area contributed by atoms with Crippen LogP contribution in [0.4, 0.5) is 0 Å². The van der Waals surface area contributed by atoms with Gasteiger partial charge in [-0.25, -0.2) is 0 Å². The Morgan fingerprint density at radius 1 is 1.29 bits per heavy atom. The monoisotopic (exact) mass is 201 g/mol. The van der Waals surface area contributed by atoms with Crippen molar-refractivity contribution in [2.75, 3.05) is 13.1 Å². The Morgan fingerprint density at radius 3 is 2.14 bits per heavy atom. The first-order chi connectivity index (χ1) is 6.56. The molecule has 0 spiro atoms. The van der Waals surface area contributed by atoms with Crippen LogP contribution in [0.2, 0.25) is 0 Å². The van der Waals surface area contributed by atoms with Gasteiger partial charge >= 0.3 is 5.97 Å². The summed E-state index contributed by atoms with van der Waals surface area (Å²) in [5, 5.41) is 9.02. The van der Waals surface area contributed by atoms with E-state index in [1.54, 1.807) is 0 Å². The fourth-order valence-corrected chi connectivity index (χ4v) is 1.60. The van der Waals surface area contributed by atoms with Crippen LogP contribution in [0.1, 0.15) is 40.5 Å². The van der Waals surface area contributed by atoms with Crippen LogP contribution < -0.4 is 0 Å². The molecule has 3 nitrogen and oxygen atoms in total. The van der Waals surface area contributed by atoms with Gasteiger partial charge in [-0.15, -0.1) is 0 Å². The zero-order chi connectivity index (χ0) is 11.1. The Kier molecular flexibility index (Phi) is 6.54. The SMILES string of the molecule is CCC(C)CN(CC)C(CC)C(=O)O. The average molecular weight is 201 g/mol.